The topological polar surface area (TPSA) is 98.7 Å². The van der Waals surface area contributed by atoms with Crippen molar-refractivity contribution in [3.8, 4) is 0 Å². The number of aliphatic hydroxyl groups excluding tert-OH is 1. The maximum Gasteiger partial charge on any atom is 0.328 e. The summed E-state index contributed by atoms with van der Waals surface area (Å²) in [6.07, 6.45) is -0.493. The van der Waals surface area contributed by atoms with Gasteiger partial charge < -0.3 is 20.8 Å². The van der Waals surface area contributed by atoms with Gasteiger partial charge in [-0.05, 0) is 41.4 Å². The molecule has 0 bridgehead atoms. The van der Waals surface area contributed by atoms with Crippen LogP contribution in [0.25, 0.3) is 0 Å². The van der Waals surface area contributed by atoms with Crippen LogP contribution in [0.4, 0.5) is 4.79 Å². The van der Waals surface area contributed by atoms with Crippen LogP contribution in [0.3, 0.4) is 0 Å². The summed E-state index contributed by atoms with van der Waals surface area (Å²) in [5.41, 5.74) is 0. The molecule has 19 heavy (non-hydrogen) atoms. The number of rotatable bonds is 6. The summed E-state index contributed by atoms with van der Waals surface area (Å²) >= 11 is 4.92. The SMILES string of the molecule is CC(O)C(NC(=O)NCCc1ccc(Br)s1)C(=O)O. The zero-order valence-corrected chi connectivity index (χ0v) is 12.6. The highest BCUT2D eigenvalue weighted by atomic mass is 79.9. The summed E-state index contributed by atoms with van der Waals surface area (Å²) in [5.74, 6) is -1.27. The number of nitrogens with one attached hydrogen (secondary N) is 2. The van der Waals surface area contributed by atoms with E-state index in [0.29, 0.717) is 13.0 Å². The molecule has 1 rings (SSSR count). The second-order valence-electron chi connectivity index (χ2n) is 3.91. The van der Waals surface area contributed by atoms with Crippen molar-refractivity contribution in [2.75, 3.05) is 6.54 Å². The third kappa shape index (κ3) is 5.58. The minimum Gasteiger partial charge on any atom is -0.480 e. The van der Waals surface area contributed by atoms with Crippen molar-refractivity contribution in [1.29, 1.82) is 0 Å². The first-order valence-corrected chi connectivity index (χ1v) is 7.20. The van der Waals surface area contributed by atoms with Gasteiger partial charge in [-0.1, -0.05) is 0 Å². The Morgan fingerprint density at radius 1 is 1.47 bits per heavy atom. The molecular weight excluding hydrogens is 336 g/mol. The number of thiophene rings is 1. The zero-order valence-electron chi connectivity index (χ0n) is 10.2. The Kier molecular flexibility index (Phi) is 6.26. The number of carbonyl (C=O) groups excluding carboxylic acids is 1. The van der Waals surface area contributed by atoms with E-state index in [2.05, 4.69) is 26.6 Å². The first-order valence-electron chi connectivity index (χ1n) is 5.59. The van der Waals surface area contributed by atoms with Gasteiger partial charge in [0.05, 0.1) is 9.89 Å². The van der Waals surface area contributed by atoms with Crippen LogP contribution in [0, 0.1) is 0 Å². The Bertz CT molecular complexity index is 450. The van der Waals surface area contributed by atoms with Crippen molar-refractivity contribution in [3.63, 3.8) is 0 Å². The molecular formula is C11H15BrN2O4S. The number of urea groups is 1. The van der Waals surface area contributed by atoms with Crippen LogP contribution in [-0.2, 0) is 11.2 Å². The predicted molar refractivity (Wildman–Crippen MR) is 75.4 cm³/mol. The molecule has 0 spiro atoms. The molecule has 106 valence electrons. The van der Waals surface area contributed by atoms with E-state index >= 15 is 0 Å². The molecule has 0 aliphatic rings. The standard InChI is InChI=1S/C11H15BrN2O4S/c1-6(15)9(10(16)17)14-11(18)13-5-4-7-2-3-8(12)19-7/h2-3,6,9,15H,4-5H2,1H3,(H,16,17)(H2,13,14,18). The van der Waals surface area contributed by atoms with Crippen LogP contribution < -0.4 is 10.6 Å². The van der Waals surface area contributed by atoms with E-state index in [1.54, 1.807) is 11.3 Å². The van der Waals surface area contributed by atoms with Gasteiger partial charge in [0, 0.05) is 11.4 Å². The van der Waals surface area contributed by atoms with Gasteiger partial charge in [0.25, 0.3) is 0 Å². The number of amides is 2. The lowest BCUT2D eigenvalue weighted by Gasteiger charge is -2.17. The first-order chi connectivity index (χ1) is 8.90. The molecule has 4 N–H and O–H groups in total. The first kappa shape index (κ1) is 15.9. The molecule has 8 heteroatoms. The zero-order chi connectivity index (χ0) is 14.4. The summed E-state index contributed by atoms with van der Waals surface area (Å²) in [6.45, 7) is 1.70. The molecule has 0 saturated carbocycles. The predicted octanol–water partition coefficient (Wildman–Crippen LogP) is 1.19. The lowest BCUT2D eigenvalue weighted by atomic mass is 10.2. The summed E-state index contributed by atoms with van der Waals surface area (Å²) in [7, 11) is 0. The number of hydrogen-bond acceptors (Lipinski definition) is 4. The molecule has 0 aromatic carbocycles. The average molecular weight is 351 g/mol. The number of carbonyl (C=O) groups is 2. The summed E-state index contributed by atoms with van der Waals surface area (Å²) in [4.78, 5) is 23.3. The second kappa shape index (κ2) is 7.46. The Morgan fingerprint density at radius 2 is 2.16 bits per heavy atom. The molecule has 0 radical (unpaired) electrons. The van der Waals surface area contributed by atoms with E-state index in [0.717, 1.165) is 8.66 Å². The van der Waals surface area contributed by atoms with E-state index in [-0.39, 0.29) is 0 Å². The Balaban J connectivity index is 2.33. The lowest BCUT2D eigenvalue weighted by Crippen LogP contribution is -2.51. The number of halogens is 1. The van der Waals surface area contributed by atoms with E-state index in [9.17, 15) is 14.7 Å². The third-order valence-corrected chi connectivity index (χ3v) is 4.00. The lowest BCUT2D eigenvalue weighted by molar-refractivity contribution is -0.141. The smallest absolute Gasteiger partial charge is 0.328 e. The number of hydrogen-bond donors (Lipinski definition) is 4. The van der Waals surface area contributed by atoms with Gasteiger partial charge in [-0.3, -0.25) is 0 Å². The number of carboxylic acid groups (broad SMARTS) is 1. The fourth-order valence-corrected chi connectivity index (χ4v) is 2.85. The molecule has 2 atom stereocenters. The van der Waals surface area contributed by atoms with E-state index in [4.69, 9.17) is 5.11 Å². The Labute approximate surface area is 123 Å². The Morgan fingerprint density at radius 3 is 2.63 bits per heavy atom. The number of carboxylic acids is 1. The largest absolute Gasteiger partial charge is 0.480 e. The fraction of sp³-hybridized carbons (Fsp3) is 0.455. The molecule has 0 fully saturated rings. The van der Waals surface area contributed by atoms with E-state index in [1.165, 1.54) is 6.92 Å². The second-order valence-corrected chi connectivity index (χ2v) is 6.46. The highest BCUT2D eigenvalue weighted by Gasteiger charge is 2.24. The maximum absolute atomic E-state index is 11.5. The van der Waals surface area contributed by atoms with Gasteiger partial charge in [0.1, 0.15) is 0 Å². The minimum atomic E-state index is -1.31. The fourth-order valence-electron chi connectivity index (χ4n) is 1.37. The molecule has 0 aliphatic heterocycles. The van der Waals surface area contributed by atoms with E-state index < -0.39 is 24.1 Å². The molecule has 0 saturated heterocycles. The third-order valence-electron chi connectivity index (χ3n) is 2.32. The molecule has 1 aromatic heterocycles. The summed E-state index contributed by atoms with van der Waals surface area (Å²) < 4.78 is 1.02. The molecule has 2 unspecified atom stereocenters. The van der Waals surface area contributed by atoms with Crippen molar-refractivity contribution < 1.29 is 19.8 Å². The summed E-state index contributed by atoms with van der Waals surface area (Å²) in [5, 5.41) is 22.8. The van der Waals surface area contributed by atoms with E-state index in [1.807, 2.05) is 12.1 Å². The van der Waals surface area contributed by atoms with Crippen molar-refractivity contribution >= 4 is 39.3 Å². The highest BCUT2D eigenvalue weighted by molar-refractivity contribution is 9.11. The quantitative estimate of drug-likeness (QED) is 0.619. The molecule has 2 amide bonds. The number of aliphatic carboxylic acids is 1. The van der Waals surface area contributed by atoms with Crippen LogP contribution in [0.2, 0.25) is 0 Å². The van der Waals surface area contributed by atoms with Crippen molar-refractivity contribution in [1.82, 2.24) is 10.6 Å². The molecule has 1 aromatic rings. The van der Waals surface area contributed by atoms with Crippen molar-refractivity contribution in [3.05, 3.63) is 20.8 Å². The summed E-state index contributed by atoms with van der Waals surface area (Å²) in [6, 6.07) is 1.96. The molecule has 0 aliphatic carbocycles. The van der Waals surface area contributed by atoms with Crippen LogP contribution in [-0.4, -0.2) is 40.9 Å². The molecule has 6 nitrogen and oxygen atoms in total. The van der Waals surface area contributed by atoms with Gasteiger partial charge in [-0.15, -0.1) is 11.3 Å². The number of aliphatic hydroxyl groups is 1. The van der Waals surface area contributed by atoms with Crippen LogP contribution in [0.15, 0.2) is 15.9 Å². The Hall–Kier alpha value is -1.12. The normalized spacial score (nSPS) is 13.6. The van der Waals surface area contributed by atoms with Gasteiger partial charge in [-0.2, -0.15) is 0 Å². The van der Waals surface area contributed by atoms with Crippen LogP contribution in [0.5, 0.6) is 0 Å². The van der Waals surface area contributed by atoms with Gasteiger partial charge in [0.2, 0.25) is 0 Å². The molecule has 1 heterocycles. The maximum atomic E-state index is 11.5. The minimum absolute atomic E-state index is 0.394. The monoisotopic (exact) mass is 350 g/mol. The highest BCUT2D eigenvalue weighted by Crippen LogP contribution is 2.21. The average Bonchev–Trinajstić information content (AvgIpc) is 2.71. The van der Waals surface area contributed by atoms with Gasteiger partial charge in [0.15, 0.2) is 6.04 Å². The van der Waals surface area contributed by atoms with Gasteiger partial charge in [-0.25, -0.2) is 9.59 Å². The van der Waals surface area contributed by atoms with Crippen LogP contribution >= 0.6 is 27.3 Å². The van der Waals surface area contributed by atoms with Crippen LogP contribution in [0.1, 0.15) is 11.8 Å². The van der Waals surface area contributed by atoms with Crippen molar-refractivity contribution in [2.24, 2.45) is 0 Å². The van der Waals surface area contributed by atoms with Gasteiger partial charge >= 0.3 is 12.0 Å². The van der Waals surface area contributed by atoms with Crippen molar-refractivity contribution in [2.45, 2.75) is 25.5 Å².